The average molecular weight is 292 g/mol. The van der Waals surface area contributed by atoms with Crippen LogP contribution in [-0.2, 0) is 9.84 Å². The molecule has 0 saturated heterocycles. The molecule has 0 fully saturated rings. The Hall–Kier alpha value is -0.690. The molecule has 1 rings (SSSR count). The zero-order valence-electron chi connectivity index (χ0n) is 10.3. The summed E-state index contributed by atoms with van der Waals surface area (Å²) in [6, 6.07) is 3.24. The van der Waals surface area contributed by atoms with Crippen molar-refractivity contribution in [3.63, 3.8) is 0 Å². The molecule has 5 nitrogen and oxygen atoms in total. The number of nitrogens with zero attached hydrogens (tertiary/aromatic N) is 1. The fourth-order valence-electron chi connectivity index (χ4n) is 1.61. The molecule has 1 unspecified atom stereocenters. The summed E-state index contributed by atoms with van der Waals surface area (Å²) in [5, 5.41) is 0.527. The molecular formula is C11H18ClN3O2S. The molecule has 18 heavy (non-hydrogen) atoms. The van der Waals surface area contributed by atoms with Crippen molar-refractivity contribution in [2.24, 2.45) is 5.84 Å². The Labute approximate surface area is 113 Å². The summed E-state index contributed by atoms with van der Waals surface area (Å²) in [4.78, 5) is 4.16. The minimum Gasteiger partial charge on any atom is -0.271 e. The fourth-order valence-corrected chi connectivity index (χ4v) is 2.75. The highest BCUT2D eigenvalue weighted by atomic mass is 35.5. The maximum Gasteiger partial charge on any atom is 0.150 e. The number of hydrogen-bond donors (Lipinski definition) is 2. The van der Waals surface area contributed by atoms with Crippen molar-refractivity contribution < 1.29 is 8.42 Å². The molecule has 0 radical (unpaired) electrons. The zero-order chi connectivity index (χ0) is 13.6. The second-order valence-corrected chi connectivity index (χ2v) is 6.85. The van der Waals surface area contributed by atoms with E-state index in [1.807, 2.05) is 0 Å². The Morgan fingerprint density at radius 2 is 2.28 bits per heavy atom. The SMILES string of the molecule is CCS(=O)(=O)CCCC(NN)c1ncccc1Cl. The van der Waals surface area contributed by atoms with Gasteiger partial charge in [-0.05, 0) is 25.0 Å². The Balaban J connectivity index is 2.61. The van der Waals surface area contributed by atoms with Crippen LogP contribution in [0.4, 0.5) is 0 Å². The molecule has 0 bridgehead atoms. The van der Waals surface area contributed by atoms with Gasteiger partial charge in [0.1, 0.15) is 9.84 Å². The van der Waals surface area contributed by atoms with E-state index in [1.165, 1.54) is 0 Å². The molecule has 0 aliphatic carbocycles. The summed E-state index contributed by atoms with van der Waals surface area (Å²) in [7, 11) is -2.94. The van der Waals surface area contributed by atoms with E-state index in [2.05, 4.69) is 10.4 Å². The topological polar surface area (TPSA) is 85.1 Å². The van der Waals surface area contributed by atoms with Crippen LogP contribution < -0.4 is 11.3 Å². The molecule has 0 spiro atoms. The van der Waals surface area contributed by atoms with Gasteiger partial charge in [0.2, 0.25) is 0 Å². The van der Waals surface area contributed by atoms with Gasteiger partial charge in [-0.25, -0.2) is 8.42 Å². The Kier molecular flexibility index (Phi) is 6.01. The summed E-state index contributed by atoms with van der Waals surface area (Å²) < 4.78 is 22.8. The van der Waals surface area contributed by atoms with Gasteiger partial charge in [0, 0.05) is 11.9 Å². The minimum absolute atomic E-state index is 0.159. The normalized spacial score (nSPS) is 13.5. The number of nitrogens with two attached hydrogens (primary N) is 1. The van der Waals surface area contributed by atoms with Crippen molar-refractivity contribution in [1.29, 1.82) is 0 Å². The zero-order valence-corrected chi connectivity index (χ0v) is 11.8. The lowest BCUT2D eigenvalue weighted by Gasteiger charge is -2.16. The third kappa shape index (κ3) is 4.53. The molecule has 102 valence electrons. The van der Waals surface area contributed by atoms with Gasteiger partial charge in [-0.3, -0.25) is 16.3 Å². The van der Waals surface area contributed by atoms with E-state index in [0.717, 1.165) is 0 Å². The first-order chi connectivity index (χ1) is 8.50. The highest BCUT2D eigenvalue weighted by molar-refractivity contribution is 7.91. The quantitative estimate of drug-likeness (QED) is 0.587. The predicted octanol–water partition coefficient (Wildman–Crippen LogP) is 1.45. The van der Waals surface area contributed by atoms with Crippen molar-refractivity contribution in [1.82, 2.24) is 10.4 Å². The van der Waals surface area contributed by atoms with Crippen molar-refractivity contribution in [3.05, 3.63) is 29.0 Å². The summed E-state index contributed by atoms with van der Waals surface area (Å²) in [5.74, 6) is 5.78. The molecule has 7 heteroatoms. The first kappa shape index (κ1) is 15.4. The number of halogens is 1. The van der Waals surface area contributed by atoms with E-state index < -0.39 is 9.84 Å². The van der Waals surface area contributed by atoms with Crippen LogP contribution in [0.2, 0.25) is 5.02 Å². The second kappa shape index (κ2) is 7.04. The van der Waals surface area contributed by atoms with Gasteiger partial charge in [-0.15, -0.1) is 0 Å². The van der Waals surface area contributed by atoms with Crippen molar-refractivity contribution >= 4 is 21.4 Å². The third-order valence-electron chi connectivity index (χ3n) is 2.71. The monoisotopic (exact) mass is 291 g/mol. The average Bonchev–Trinajstić information content (AvgIpc) is 2.36. The number of hydrogen-bond acceptors (Lipinski definition) is 5. The first-order valence-electron chi connectivity index (χ1n) is 5.77. The molecule has 1 aromatic heterocycles. The maximum absolute atomic E-state index is 11.4. The predicted molar refractivity (Wildman–Crippen MR) is 72.9 cm³/mol. The van der Waals surface area contributed by atoms with Gasteiger partial charge in [0.05, 0.1) is 22.5 Å². The van der Waals surface area contributed by atoms with E-state index >= 15 is 0 Å². The highest BCUT2D eigenvalue weighted by Gasteiger charge is 2.16. The molecule has 1 aromatic rings. The molecule has 0 aliphatic heterocycles. The Morgan fingerprint density at radius 1 is 1.56 bits per heavy atom. The molecular weight excluding hydrogens is 274 g/mol. The van der Waals surface area contributed by atoms with Gasteiger partial charge in [-0.1, -0.05) is 18.5 Å². The Bertz CT molecular complexity index is 479. The van der Waals surface area contributed by atoms with E-state index in [9.17, 15) is 8.42 Å². The number of aromatic nitrogens is 1. The first-order valence-corrected chi connectivity index (χ1v) is 7.97. The second-order valence-electron chi connectivity index (χ2n) is 3.97. The number of sulfone groups is 1. The molecule has 1 atom stereocenters. The minimum atomic E-state index is -2.94. The molecule has 0 aromatic carbocycles. The van der Waals surface area contributed by atoms with Crippen molar-refractivity contribution in [2.75, 3.05) is 11.5 Å². The van der Waals surface area contributed by atoms with Crippen molar-refractivity contribution in [2.45, 2.75) is 25.8 Å². The number of pyridine rings is 1. The van der Waals surface area contributed by atoms with Gasteiger partial charge in [0.15, 0.2) is 0 Å². The molecule has 3 N–H and O–H groups in total. The van der Waals surface area contributed by atoms with Crippen LogP contribution in [0.1, 0.15) is 31.5 Å². The van der Waals surface area contributed by atoms with E-state index in [0.29, 0.717) is 23.6 Å². The van der Waals surface area contributed by atoms with Crippen LogP contribution in [0.25, 0.3) is 0 Å². The van der Waals surface area contributed by atoms with Gasteiger partial charge >= 0.3 is 0 Å². The Morgan fingerprint density at radius 3 is 2.83 bits per heavy atom. The van der Waals surface area contributed by atoms with Crippen LogP contribution in [0, 0.1) is 0 Å². The molecule has 0 saturated carbocycles. The van der Waals surface area contributed by atoms with Crippen LogP contribution in [-0.4, -0.2) is 24.9 Å². The van der Waals surface area contributed by atoms with Crippen LogP contribution in [0.3, 0.4) is 0 Å². The van der Waals surface area contributed by atoms with Crippen LogP contribution >= 0.6 is 11.6 Å². The number of nitrogens with one attached hydrogen (secondary N) is 1. The lowest BCUT2D eigenvalue weighted by atomic mass is 10.1. The summed E-state index contributed by atoms with van der Waals surface area (Å²) >= 11 is 6.02. The maximum atomic E-state index is 11.4. The van der Waals surface area contributed by atoms with E-state index in [4.69, 9.17) is 17.4 Å². The number of rotatable bonds is 7. The lowest BCUT2D eigenvalue weighted by Crippen LogP contribution is -2.29. The fraction of sp³-hybridized carbons (Fsp3) is 0.545. The van der Waals surface area contributed by atoms with Crippen LogP contribution in [0.5, 0.6) is 0 Å². The molecule has 0 amide bonds. The molecule has 1 heterocycles. The standard InChI is InChI=1S/C11H18ClN3O2S/c1-2-18(16,17)8-4-6-10(15-13)11-9(12)5-3-7-14-11/h3,5,7,10,15H,2,4,6,8,13H2,1H3. The lowest BCUT2D eigenvalue weighted by molar-refractivity contribution is 0.496. The summed E-state index contributed by atoms with van der Waals surface area (Å²) in [6.07, 6.45) is 2.73. The molecule has 0 aliphatic rings. The summed E-state index contributed by atoms with van der Waals surface area (Å²) in [6.45, 7) is 1.64. The highest BCUT2D eigenvalue weighted by Crippen LogP contribution is 2.23. The van der Waals surface area contributed by atoms with Gasteiger partial charge in [0.25, 0.3) is 0 Å². The van der Waals surface area contributed by atoms with Crippen LogP contribution in [0.15, 0.2) is 18.3 Å². The number of hydrazine groups is 1. The largest absolute Gasteiger partial charge is 0.271 e. The smallest absolute Gasteiger partial charge is 0.150 e. The van der Waals surface area contributed by atoms with E-state index in [-0.39, 0.29) is 17.5 Å². The van der Waals surface area contributed by atoms with Gasteiger partial charge in [-0.2, -0.15) is 0 Å². The third-order valence-corrected chi connectivity index (χ3v) is 4.82. The van der Waals surface area contributed by atoms with E-state index in [1.54, 1.807) is 25.3 Å². The summed E-state index contributed by atoms with van der Waals surface area (Å²) in [5.41, 5.74) is 3.27. The van der Waals surface area contributed by atoms with Crippen molar-refractivity contribution in [3.8, 4) is 0 Å². The van der Waals surface area contributed by atoms with Gasteiger partial charge < -0.3 is 0 Å².